The minimum atomic E-state index is -0.923. The smallest absolute Gasteiger partial charge is 0.303 e. The van der Waals surface area contributed by atoms with Crippen molar-refractivity contribution in [2.24, 2.45) is 10.9 Å². The van der Waals surface area contributed by atoms with Crippen LogP contribution in [0, 0.1) is 19.8 Å². The summed E-state index contributed by atoms with van der Waals surface area (Å²) in [6, 6.07) is 0. The lowest BCUT2D eigenvalue weighted by atomic mass is 10.0. The summed E-state index contributed by atoms with van der Waals surface area (Å²) in [7, 11) is 0. The molecule has 10 heteroatoms. The largest absolute Gasteiger partial charge is 0.481 e. The third-order valence-corrected chi connectivity index (χ3v) is 8.35. The minimum absolute atomic E-state index is 0.0721. The molecule has 1 fully saturated rings. The Morgan fingerprint density at radius 2 is 1.53 bits per heavy atom. The number of rotatable bonds is 10. The van der Waals surface area contributed by atoms with Crippen molar-refractivity contribution in [1.82, 2.24) is 15.3 Å². The van der Waals surface area contributed by atoms with Gasteiger partial charge in [-0.05, 0) is 106 Å². The zero-order chi connectivity index (χ0) is 31.6. The van der Waals surface area contributed by atoms with Gasteiger partial charge in [0, 0.05) is 46.2 Å². The maximum absolute atomic E-state index is 12.3. The van der Waals surface area contributed by atoms with Crippen LogP contribution in [-0.2, 0) is 32.0 Å². The van der Waals surface area contributed by atoms with Crippen molar-refractivity contribution < 1.29 is 29.4 Å². The minimum Gasteiger partial charge on any atom is -0.481 e. The van der Waals surface area contributed by atoms with Crippen molar-refractivity contribution in [3.63, 3.8) is 0 Å². The molecule has 2 amide bonds. The van der Waals surface area contributed by atoms with Crippen LogP contribution in [0.2, 0.25) is 0 Å². The zero-order valence-corrected chi connectivity index (χ0v) is 25.4. The van der Waals surface area contributed by atoms with Crippen LogP contribution in [0.15, 0.2) is 33.5 Å². The van der Waals surface area contributed by atoms with Crippen LogP contribution >= 0.6 is 0 Å². The standard InChI is InChI=1S/C33H38N4O6/c1-7-20-19(6)32(42)37-27(20)14-25-18(5)23(10-12-31(40)41)29(35-25)15-28-22(9-11-30(38)39)17(4)24(34-28)13-26-16(3)21(8-2)33(43)36-26/h7,13-15,19,34-35H,8-12H2,1-6H3,(H,37,42)(H,38,39)(H,40,41)/b20-7+,24-13-,27-14-,28-15-/i14+1. The summed E-state index contributed by atoms with van der Waals surface area (Å²) in [5.41, 5.74) is 8.40. The first kappa shape index (κ1) is 31.2. The van der Waals surface area contributed by atoms with Crippen molar-refractivity contribution in [2.75, 3.05) is 0 Å². The van der Waals surface area contributed by atoms with E-state index < -0.39 is 11.9 Å². The number of aromatic nitrogens is 2. The van der Waals surface area contributed by atoms with E-state index in [1.54, 1.807) is 0 Å². The van der Waals surface area contributed by atoms with E-state index in [0.717, 1.165) is 39.1 Å². The Bertz CT molecular complexity index is 1780. The molecule has 1 atom stereocenters. The molecule has 0 radical (unpaired) electrons. The van der Waals surface area contributed by atoms with Gasteiger partial charge in [0.15, 0.2) is 0 Å². The Balaban J connectivity index is 1.91. The first-order valence-electron chi connectivity index (χ1n) is 14.4. The van der Waals surface area contributed by atoms with Gasteiger partial charge in [-0.15, -0.1) is 0 Å². The number of allylic oxidation sites excluding steroid dienone is 3. The van der Waals surface area contributed by atoms with E-state index in [4.69, 9.17) is 0 Å². The van der Waals surface area contributed by atoms with Crippen molar-refractivity contribution in [3.8, 4) is 0 Å². The Kier molecular flexibility index (Phi) is 9.18. The molecule has 1 unspecified atom stereocenters. The molecule has 2 aromatic heterocycles. The first-order chi connectivity index (χ1) is 20.4. The van der Waals surface area contributed by atoms with Crippen molar-refractivity contribution in [1.29, 1.82) is 0 Å². The highest BCUT2D eigenvalue weighted by atomic mass is 16.4. The molecule has 43 heavy (non-hydrogen) atoms. The Morgan fingerprint density at radius 3 is 2.12 bits per heavy atom. The normalized spacial score (nSPS) is 19.8. The number of carboxylic acid groups (broad SMARTS) is 2. The Hall–Kier alpha value is -4.73. The predicted molar refractivity (Wildman–Crippen MR) is 165 cm³/mol. The van der Waals surface area contributed by atoms with Gasteiger partial charge in [0.1, 0.15) is 0 Å². The maximum atomic E-state index is 12.3. The molecule has 5 N–H and O–H groups in total. The van der Waals surface area contributed by atoms with Crippen LogP contribution in [0.4, 0.5) is 0 Å². The SMILES string of the molecule is C/C=C1/C(=[13CH]/c2[nH]c(/C=c3\[nH]/c(=C\C4=NC(=O)C(CC)=C4C)c(C)c3CCC(=O)O)c(CCC(=O)O)c2C)NC(=O)C1C. The summed E-state index contributed by atoms with van der Waals surface area (Å²) < 4.78 is 0. The number of aliphatic carboxylic acids is 2. The predicted octanol–water partition coefficient (Wildman–Crippen LogP) is 3.36. The van der Waals surface area contributed by atoms with Crippen LogP contribution in [0.25, 0.3) is 18.2 Å². The van der Waals surface area contributed by atoms with E-state index in [0.29, 0.717) is 39.8 Å². The van der Waals surface area contributed by atoms with Crippen molar-refractivity contribution in [3.05, 3.63) is 72.8 Å². The number of aliphatic imine (C=N–C) groups is 1. The van der Waals surface area contributed by atoms with Crippen LogP contribution in [0.1, 0.15) is 80.6 Å². The quantitative estimate of drug-likeness (QED) is 0.268. The van der Waals surface area contributed by atoms with E-state index >= 15 is 0 Å². The van der Waals surface area contributed by atoms with E-state index in [-0.39, 0.29) is 43.4 Å². The summed E-state index contributed by atoms with van der Waals surface area (Å²) in [5, 5.41) is 23.2. The number of amides is 2. The molecule has 4 heterocycles. The van der Waals surface area contributed by atoms with Gasteiger partial charge in [-0.2, -0.15) is 0 Å². The summed E-state index contributed by atoms with van der Waals surface area (Å²) >= 11 is 0. The van der Waals surface area contributed by atoms with Crippen LogP contribution in [0.3, 0.4) is 0 Å². The third kappa shape index (κ3) is 6.38. The van der Waals surface area contributed by atoms with E-state index in [9.17, 15) is 29.4 Å². The number of H-pyrrole nitrogens is 2. The molecule has 226 valence electrons. The number of nitrogens with zero attached hydrogens (tertiary/aromatic N) is 1. The molecular weight excluding hydrogens is 549 g/mol. The summed E-state index contributed by atoms with van der Waals surface area (Å²) in [4.78, 5) is 58.8. The molecule has 10 nitrogen and oxygen atoms in total. The number of carboxylic acids is 2. The van der Waals surface area contributed by atoms with Crippen molar-refractivity contribution in [2.45, 2.75) is 73.6 Å². The van der Waals surface area contributed by atoms with Gasteiger partial charge < -0.3 is 25.5 Å². The molecule has 0 spiro atoms. The first-order valence-corrected chi connectivity index (χ1v) is 14.4. The highest BCUT2D eigenvalue weighted by Crippen LogP contribution is 2.29. The fourth-order valence-corrected chi connectivity index (χ4v) is 5.77. The number of aromatic amines is 2. The molecule has 0 aromatic carbocycles. The lowest BCUT2D eigenvalue weighted by Gasteiger charge is -2.03. The van der Waals surface area contributed by atoms with Gasteiger partial charge >= 0.3 is 11.9 Å². The summed E-state index contributed by atoms with van der Waals surface area (Å²) in [5.74, 6) is -2.44. The topological polar surface area (TPSA) is 165 Å². The monoisotopic (exact) mass is 587 g/mol. The van der Waals surface area contributed by atoms with Gasteiger partial charge in [-0.25, -0.2) is 4.99 Å². The van der Waals surface area contributed by atoms with E-state index in [2.05, 4.69) is 20.3 Å². The molecular formula is C33H38N4O6. The second-order valence-electron chi connectivity index (χ2n) is 11.0. The Labute approximate surface area is 249 Å². The van der Waals surface area contributed by atoms with Gasteiger partial charge in [-0.1, -0.05) is 13.0 Å². The zero-order valence-electron chi connectivity index (χ0n) is 25.4. The number of nitrogens with one attached hydrogen (secondary N) is 3. The lowest BCUT2D eigenvalue weighted by molar-refractivity contribution is -0.138. The fraction of sp³-hybridized carbons (Fsp3) is 0.364. The Morgan fingerprint density at radius 1 is 0.884 bits per heavy atom. The molecule has 4 rings (SSSR count). The van der Waals surface area contributed by atoms with Gasteiger partial charge in [0.25, 0.3) is 5.91 Å². The number of hydrogen-bond acceptors (Lipinski definition) is 4. The fourth-order valence-electron chi connectivity index (χ4n) is 5.77. The second-order valence-corrected chi connectivity index (χ2v) is 11.0. The van der Waals surface area contributed by atoms with Gasteiger partial charge in [-0.3, -0.25) is 19.2 Å². The van der Waals surface area contributed by atoms with E-state index in [1.165, 1.54) is 0 Å². The van der Waals surface area contributed by atoms with Gasteiger partial charge in [0.05, 0.1) is 11.6 Å². The second kappa shape index (κ2) is 12.6. The summed E-state index contributed by atoms with van der Waals surface area (Å²) in [6.07, 6.45) is 8.45. The molecule has 0 saturated carbocycles. The third-order valence-electron chi connectivity index (χ3n) is 8.35. The number of carbonyl (C=O) groups is 4. The van der Waals surface area contributed by atoms with Crippen molar-refractivity contribution >= 4 is 47.7 Å². The number of carbonyl (C=O) groups excluding carboxylic acids is 2. The molecule has 2 aromatic rings. The number of hydrogen-bond donors (Lipinski definition) is 5. The highest BCUT2D eigenvalue weighted by Gasteiger charge is 2.29. The lowest BCUT2D eigenvalue weighted by Crippen LogP contribution is -2.16. The average Bonchev–Trinajstić information content (AvgIpc) is 3.59. The summed E-state index contributed by atoms with van der Waals surface area (Å²) in [6.45, 7) is 11.3. The molecule has 2 aliphatic rings. The van der Waals surface area contributed by atoms with Gasteiger partial charge in [0.2, 0.25) is 5.91 Å². The van der Waals surface area contributed by atoms with E-state index in [1.807, 2.05) is 65.8 Å². The molecule has 2 aliphatic heterocycles. The van der Waals surface area contributed by atoms with Crippen LogP contribution in [-0.4, -0.2) is 49.6 Å². The molecule has 0 aliphatic carbocycles. The van der Waals surface area contributed by atoms with Crippen LogP contribution in [0.5, 0.6) is 0 Å². The molecule has 0 bridgehead atoms. The highest BCUT2D eigenvalue weighted by molar-refractivity contribution is 6.30. The molecule has 1 saturated heterocycles. The van der Waals surface area contributed by atoms with Crippen LogP contribution < -0.4 is 16.0 Å². The maximum Gasteiger partial charge on any atom is 0.303 e. The average molecular weight is 588 g/mol.